The number of aliphatic hydroxyl groups is 1. The van der Waals surface area contributed by atoms with Crippen molar-refractivity contribution in [1.29, 1.82) is 0 Å². The summed E-state index contributed by atoms with van der Waals surface area (Å²) in [4.78, 5) is 18.7. The largest absolute Gasteiger partial charge is 0.493 e. The minimum Gasteiger partial charge on any atom is -0.493 e. The second-order valence-electron chi connectivity index (χ2n) is 7.95. The number of aromatic nitrogens is 4. The molecule has 0 aliphatic rings. The summed E-state index contributed by atoms with van der Waals surface area (Å²) in [5, 5.41) is 19.9. The SMILES string of the molecule is COc1cc(-n2cnc3cc(-c4ccc(Cl)cc4)sc3c2=O)ccc1OCC(O)CSc1nnc(C)s1. The van der Waals surface area contributed by atoms with Crippen molar-refractivity contribution < 1.29 is 14.6 Å². The zero-order chi connectivity index (χ0) is 25.9. The number of thioether (sulfide) groups is 1. The minimum absolute atomic E-state index is 0.0800. The number of hydrogen-bond donors (Lipinski definition) is 1. The smallest absolute Gasteiger partial charge is 0.275 e. The molecule has 1 N–H and O–H groups in total. The number of hydrogen-bond acceptors (Lipinski definition) is 10. The van der Waals surface area contributed by atoms with E-state index in [0.29, 0.717) is 38.2 Å². The lowest BCUT2D eigenvalue weighted by Crippen LogP contribution is -2.20. The predicted molar refractivity (Wildman–Crippen MR) is 149 cm³/mol. The summed E-state index contributed by atoms with van der Waals surface area (Å²) in [7, 11) is 1.53. The second-order valence-corrected chi connectivity index (χ2v) is 11.9. The normalized spacial score (nSPS) is 12.1. The van der Waals surface area contributed by atoms with Crippen LogP contribution in [-0.2, 0) is 0 Å². The summed E-state index contributed by atoms with van der Waals surface area (Å²) in [6.07, 6.45) is 0.801. The number of rotatable bonds is 9. The fraction of sp³-hybridized carbons (Fsp3) is 0.200. The Hall–Kier alpha value is -2.96. The molecule has 0 aliphatic heterocycles. The third kappa shape index (κ3) is 5.81. The van der Waals surface area contributed by atoms with Crippen LogP contribution in [0.25, 0.3) is 26.3 Å². The summed E-state index contributed by atoms with van der Waals surface area (Å²) in [6.45, 7) is 1.97. The van der Waals surface area contributed by atoms with Crippen molar-refractivity contribution in [2.75, 3.05) is 19.5 Å². The van der Waals surface area contributed by atoms with Crippen LogP contribution >= 0.6 is 46.0 Å². The molecule has 0 fully saturated rings. The molecule has 1 unspecified atom stereocenters. The number of fused-ring (bicyclic) bond motifs is 1. The molecule has 2 aromatic carbocycles. The van der Waals surface area contributed by atoms with Crippen LogP contribution in [0.4, 0.5) is 0 Å². The molecule has 12 heteroatoms. The highest BCUT2D eigenvalue weighted by Gasteiger charge is 2.15. The van der Waals surface area contributed by atoms with Gasteiger partial charge in [0.1, 0.15) is 22.6 Å². The highest BCUT2D eigenvalue weighted by Crippen LogP contribution is 2.33. The summed E-state index contributed by atoms with van der Waals surface area (Å²) >= 11 is 10.3. The lowest BCUT2D eigenvalue weighted by molar-refractivity contribution is 0.124. The van der Waals surface area contributed by atoms with Crippen LogP contribution in [0.3, 0.4) is 0 Å². The quantitative estimate of drug-likeness (QED) is 0.232. The molecule has 0 bridgehead atoms. The fourth-order valence-corrected chi connectivity index (χ4v) is 6.44. The maximum absolute atomic E-state index is 13.3. The molecule has 3 heterocycles. The number of aliphatic hydroxyl groups excluding tert-OH is 1. The van der Waals surface area contributed by atoms with E-state index in [1.807, 2.05) is 37.3 Å². The lowest BCUT2D eigenvalue weighted by atomic mass is 10.2. The van der Waals surface area contributed by atoms with Gasteiger partial charge in [0, 0.05) is 21.7 Å². The van der Waals surface area contributed by atoms with E-state index < -0.39 is 6.10 Å². The number of ether oxygens (including phenoxy) is 2. The Morgan fingerprint density at radius 1 is 1.11 bits per heavy atom. The van der Waals surface area contributed by atoms with E-state index in [4.69, 9.17) is 21.1 Å². The molecule has 5 rings (SSSR count). The van der Waals surface area contributed by atoms with E-state index >= 15 is 0 Å². The third-order valence-electron chi connectivity index (χ3n) is 5.33. The molecule has 0 saturated heterocycles. The van der Waals surface area contributed by atoms with Gasteiger partial charge in [0.05, 0.1) is 24.4 Å². The van der Waals surface area contributed by atoms with Crippen molar-refractivity contribution in [3.63, 3.8) is 0 Å². The van der Waals surface area contributed by atoms with Crippen molar-refractivity contribution in [2.24, 2.45) is 0 Å². The van der Waals surface area contributed by atoms with Gasteiger partial charge >= 0.3 is 0 Å². The molecule has 8 nitrogen and oxygen atoms in total. The first-order valence-corrected chi connectivity index (χ1v) is 14.1. The molecule has 5 aromatic rings. The predicted octanol–water partition coefficient (Wildman–Crippen LogP) is 5.47. The highest BCUT2D eigenvalue weighted by molar-refractivity contribution is 8.01. The molecule has 0 saturated carbocycles. The Labute approximate surface area is 229 Å². The van der Waals surface area contributed by atoms with Gasteiger partial charge in [0.15, 0.2) is 15.8 Å². The second kappa shape index (κ2) is 11.2. The molecule has 0 spiro atoms. The van der Waals surface area contributed by atoms with Gasteiger partial charge in [-0.25, -0.2) is 4.98 Å². The molecule has 3 aromatic heterocycles. The summed E-state index contributed by atoms with van der Waals surface area (Å²) < 4.78 is 14.1. The summed E-state index contributed by atoms with van der Waals surface area (Å²) in [5.74, 6) is 1.33. The lowest BCUT2D eigenvalue weighted by Gasteiger charge is -2.15. The highest BCUT2D eigenvalue weighted by atomic mass is 35.5. The van der Waals surface area contributed by atoms with Gasteiger partial charge in [-0.3, -0.25) is 9.36 Å². The first-order chi connectivity index (χ1) is 17.9. The Balaban J connectivity index is 1.33. The number of methoxy groups -OCH3 is 1. The summed E-state index contributed by atoms with van der Waals surface area (Å²) in [6, 6.07) is 14.6. The monoisotopic (exact) mass is 572 g/mol. The minimum atomic E-state index is -0.707. The van der Waals surface area contributed by atoms with Crippen LogP contribution in [0.2, 0.25) is 5.02 Å². The molecule has 0 radical (unpaired) electrons. The number of halogens is 1. The van der Waals surface area contributed by atoms with Crippen molar-refractivity contribution in [3.05, 3.63) is 75.2 Å². The number of thiophene rings is 1. The van der Waals surface area contributed by atoms with E-state index in [9.17, 15) is 9.90 Å². The molecule has 37 heavy (non-hydrogen) atoms. The van der Waals surface area contributed by atoms with Crippen LogP contribution in [0, 0.1) is 6.92 Å². The van der Waals surface area contributed by atoms with Crippen LogP contribution in [0.1, 0.15) is 5.01 Å². The maximum Gasteiger partial charge on any atom is 0.275 e. The van der Waals surface area contributed by atoms with Gasteiger partial charge in [-0.2, -0.15) is 0 Å². The van der Waals surface area contributed by atoms with Crippen molar-refractivity contribution >= 4 is 56.3 Å². The first-order valence-electron chi connectivity index (χ1n) is 11.1. The van der Waals surface area contributed by atoms with Gasteiger partial charge in [-0.15, -0.1) is 21.5 Å². The van der Waals surface area contributed by atoms with Crippen molar-refractivity contribution in [2.45, 2.75) is 17.4 Å². The Morgan fingerprint density at radius 3 is 2.65 bits per heavy atom. The van der Waals surface area contributed by atoms with Gasteiger partial charge in [-0.05, 0) is 42.8 Å². The van der Waals surface area contributed by atoms with Crippen LogP contribution in [-0.4, -0.2) is 50.4 Å². The molecule has 1 atom stereocenters. The van der Waals surface area contributed by atoms with Crippen LogP contribution in [0.5, 0.6) is 11.5 Å². The van der Waals surface area contributed by atoms with Crippen molar-refractivity contribution in [1.82, 2.24) is 19.7 Å². The topological polar surface area (TPSA) is 99.4 Å². The van der Waals surface area contributed by atoms with Crippen molar-refractivity contribution in [3.8, 4) is 27.6 Å². The van der Waals surface area contributed by atoms with E-state index in [2.05, 4.69) is 15.2 Å². The van der Waals surface area contributed by atoms with E-state index in [1.54, 1.807) is 18.2 Å². The van der Waals surface area contributed by atoms with Crippen LogP contribution < -0.4 is 15.0 Å². The molecular weight excluding hydrogens is 552 g/mol. The van der Waals surface area contributed by atoms with Gasteiger partial charge < -0.3 is 14.6 Å². The van der Waals surface area contributed by atoms with Gasteiger partial charge in [-0.1, -0.05) is 46.8 Å². The Kier molecular flexibility index (Phi) is 7.77. The van der Waals surface area contributed by atoms with Gasteiger partial charge in [0.2, 0.25) is 0 Å². The molecule has 0 amide bonds. The fourth-order valence-electron chi connectivity index (χ4n) is 3.52. The number of benzene rings is 2. The Morgan fingerprint density at radius 2 is 1.92 bits per heavy atom. The number of nitrogens with zero attached hydrogens (tertiary/aromatic N) is 4. The first kappa shape index (κ1) is 25.7. The van der Waals surface area contributed by atoms with Crippen LogP contribution in [0.15, 0.2) is 64.0 Å². The molecule has 0 aliphatic carbocycles. The van der Waals surface area contributed by atoms with E-state index in [1.165, 1.54) is 52.4 Å². The standard InChI is InChI=1S/C25H21ClN4O4S3/c1-14-28-29-25(36-14)35-12-18(31)11-34-20-8-7-17(9-21(20)33-2)30-13-27-19-10-22(37-23(19)24(30)32)15-3-5-16(26)6-4-15/h3-10,13,18,31H,11-12H2,1-2H3. The molecule has 190 valence electrons. The molecular formula is C25H21ClN4O4S3. The van der Waals surface area contributed by atoms with E-state index in [-0.39, 0.29) is 12.2 Å². The zero-order valence-electron chi connectivity index (χ0n) is 19.8. The zero-order valence-corrected chi connectivity index (χ0v) is 23.0. The maximum atomic E-state index is 13.3. The average molecular weight is 573 g/mol. The number of aryl methyl sites for hydroxylation is 1. The average Bonchev–Trinajstić information content (AvgIpc) is 3.53. The third-order valence-corrected chi connectivity index (χ3v) is 8.86. The van der Waals surface area contributed by atoms with E-state index in [0.717, 1.165) is 19.8 Å². The summed E-state index contributed by atoms with van der Waals surface area (Å²) in [5.41, 5.74) is 2.03. The Bertz CT molecular complexity index is 1600. The van der Waals surface area contributed by atoms with Gasteiger partial charge in [0.25, 0.3) is 5.56 Å².